The molecule has 77 heavy (non-hydrogen) atoms. The average molecular weight is 1130 g/mol. The van der Waals surface area contributed by atoms with Gasteiger partial charge in [-0.3, -0.25) is 23.2 Å². The van der Waals surface area contributed by atoms with Crippen molar-refractivity contribution >= 4 is 33.4 Å². The lowest BCUT2D eigenvalue weighted by Crippen LogP contribution is -2.36. The van der Waals surface area contributed by atoms with E-state index in [1.165, 1.54) is 44.2 Å². The number of aromatic nitrogens is 2. The van der Waals surface area contributed by atoms with Crippen LogP contribution in [-0.4, -0.2) is 108 Å². The van der Waals surface area contributed by atoms with Crippen molar-refractivity contribution in [2.24, 2.45) is 0 Å². The van der Waals surface area contributed by atoms with Crippen LogP contribution in [0.25, 0.3) is 0 Å². The third-order valence-electron chi connectivity index (χ3n) is 11.9. The maximum Gasteiger partial charge on any atom is 0.481 e. The van der Waals surface area contributed by atoms with Crippen molar-refractivity contribution in [1.29, 1.82) is 0 Å². The van der Waals surface area contributed by atoms with E-state index < -0.39 is 95.9 Å². The van der Waals surface area contributed by atoms with Crippen molar-refractivity contribution in [1.82, 2.24) is 9.55 Å². The highest BCUT2D eigenvalue weighted by molar-refractivity contribution is 7.61. The van der Waals surface area contributed by atoms with Gasteiger partial charge in [-0.15, -0.1) is 0 Å². The topological polar surface area (TPSA) is 306 Å². The summed E-state index contributed by atoms with van der Waals surface area (Å²) in [6.07, 6.45) is 38.4. The van der Waals surface area contributed by atoms with Crippen molar-refractivity contribution in [3.8, 4) is 0 Å². The van der Waals surface area contributed by atoms with Crippen molar-refractivity contribution in [2.45, 2.75) is 204 Å². The van der Waals surface area contributed by atoms with Gasteiger partial charge in [0.25, 0.3) is 0 Å². The number of nitrogen functional groups attached to an aromatic ring is 1. The molecule has 2 heterocycles. The molecule has 8 N–H and O–H groups in total. The van der Waals surface area contributed by atoms with Crippen molar-refractivity contribution in [2.75, 3.05) is 25.6 Å². The first kappa shape index (κ1) is 69.0. The fraction of sp³-hybridized carbons (Fsp3) is 0.636. The highest BCUT2D eigenvalue weighted by atomic mass is 31.3. The van der Waals surface area contributed by atoms with Crippen LogP contribution in [0.15, 0.2) is 102 Å². The summed E-state index contributed by atoms with van der Waals surface area (Å²) >= 11 is 0. The van der Waals surface area contributed by atoms with Gasteiger partial charge in [-0.05, 0) is 83.1 Å². The van der Waals surface area contributed by atoms with Crippen molar-refractivity contribution < 1.29 is 76.5 Å². The number of phosphoric acid groups is 2. The third kappa shape index (κ3) is 34.5. The van der Waals surface area contributed by atoms with Gasteiger partial charge in [-0.25, -0.2) is 13.9 Å². The molecule has 9 atom stereocenters. The first-order chi connectivity index (χ1) is 37.0. The van der Waals surface area contributed by atoms with Gasteiger partial charge in [0.1, 0.15) is 30.7 Å². The molecule has 2 rings (SSSR count). The SMILES string of the molecule is CCCCC/C=C\C[C@H](O)/C=C/C=C/C=C\[C@H](O)CCCC(=O)O[C@H](COC(=O)CCCCCCCC/C=C\C/C=C\C/C=C\CCCCCC)COP(=O)(O)OP(=O)(O)OC[C@H]1O[C@@H](n2ccc(N)nc2=O)[C@H](O)[C@@H]1O. The summed E-state index contributed by atoms with van der Waals surface area (Å²) in [5.74, 6) is -1.57. The van der Waals surface area contributed by atoms with E-state index in [1.54, 1.807) is 30.4 Å². The van der Waals surface area contributed by atoms with Gasteiger partial charge in [0.2, 0.25) is 0 Å². The number of esters is 2. The number of carbonyl (C=O) groups is 2. The predicted octanol–water partition coefficient (Wildman–Crippen LogP) is 9.78. The Labute approximate surface area is 455 Å². The minimum Gasteiger partial charge on any atom is -0.462 e. The minimum absolute atomic E-state index is 0.0552. The summed E-state index contributed by atoms with van der Waals surface area (Å²) in [5, 5.41) is 41.4. The van der Waals surface area contributed by atoms with Gasteiger partial charge in [-0.2, -0.15) is 9.29 Å². The summed E-state index contributed by atoms with van der Waals surface area (Å²) in [5.41, 5.74) is 4.57. The normalized spacial score (nSPS) is 20.1. The van der Waals surface area contributed by atoms with Crippen LogP contribution in [0.1, 0.15) is 168 Å². The second kappa shape index (κ2) is 41.8. The molecule has 2 unspecified atom stereocenters. The number of ether oxygens (including phenoxy) is 3. The zero-order valence-electron chi connectivity index (χ0n) is 45.2. The van der Waals surface area contributed by atoms with E-state index in [9.17, 15) is 53.7 Å². The highest BCUT2D eigenvalue weighted by Crippen LogP contribution is 2.60. The Balaban J connectivity index is 1.85. The number of carbonyl (C=O) groups excluding carboxylic acids is 2. The number of hydrogen-bond donors (Lipinski definition) is 7. The lowest BCUT2D eigenvalue weighted by molar-refractivity contribution is -0.161. The van der Waals surface area contributed by atoms with Gasteiger partial charge >= 0.3 is 33.3 Å². The number of phosphoric ester groups is 2. The number of aliphatic hydroxyl groups excluding tert-OH is 4. The number of rotatable bonds is 44. The second-order valence-corrected chi connectivity index (χ2v) is 21.8. The quantitative estimate of drug-likeness (QED) is 0.0105. The summed E-state index contributed by atoms with van der Waals surface area (Å²) in [6.45, 7) is 1.83. The van der Waals surface area contributed by atoms with Crippen molar-refractivity contribution in [3.63, 3.8) is 0 Å². The molecule has 0 aliphatic carbocycles. The number of nitrogens with zero attached hydrogens (tertiary/aromatic N) is 2. The van der Waals surface area contributed by atoms with Crippen LogP contribution in [0.5, 0.6) is 0 Å². The van der Waals surface area contributed by atoms with E-state index in [1.807, 2.05) is 6.08 Å². The molecule has 1 fully saturated rings. The van der Waals surface area contributed by atoms with Gasteiger partial charge in [0, 0.05) is 19.0 Å². The van der Waals surface area contributed by atoms with Crippen LogP contribution in [0, 0.1) is 0 Å². The van der Waals surface area contributed by atoms with Gasteiger partial charge in [-0.1, -0.05) is 157 Å². The second-order valence-electron chi connectivity index (χ2n) is 18.8. The summed E-state index contributed by atoms with van der Waals surface area (Å²) in [6, 6.07) is 1.23. The summed E-state index contributed by atoms with van der Waals surface area (Å²) < 4.78 is 56.7. The molecule has 20 nitrogen and oxygen atoms in total. The third-order valence-corrected chi connectivity index (χ3v) is 14.5. The molecule has 22 heteroatoms. The smallest absolute Gasteiger partial charge is 0.462 e. The van der Waals surface area contributed by atoms with E-state index in [2.05, 4.69) is 65.7 Å². The lowest BCUT2D eigenvalue weighted by Gasteiger charge is -2.21. The fourth-order valence-electron chi connectivity index (χ4n) is 7.57. The molecule has 0 bridgehead atoms. The van der Waals surface area contributed by atoms with E-state index in [0.717, 1.165) is 87.8 Å². The van der Waals surface area contributed by atoms with Gasteiger partial charge in [0.15, 0.2) is 12.3 Å². The number of unbranched alkanes of at least 4 members (excludes halogenated alkanes) is 13. The number of allylic oxidation sites excluding steroid dienone is 11. The molecule has 1 aromatic heterocycles. The molecule has 1 aromatic rings. The number of anilines is 1. The Bertz CT molecular complexity index is 2160. The number of aliphatic hydroxyl groups is 4. The Morgan fingerprint density at radius 2 is 1.25 bits per heavy atom. The van der Waals surface area contributed by atoms with E-state index in [0.29, 0.717) is 12.8 Å². The summed E-state index contributed by atoms with van der Waals surface area (Å²) in [4.78, 5) is 62.1. The van der Waals surface area contributed by atoms with E-state index >= 15 is 0 Å². The Hall–Kier alpha value is -4.14. The van der Waals surface area contributed by atoms with Gasteiger partial charge in [0.05, 0.1) is 25.4 Å². The Morgan fingerprint density at radius 3 is 1.90 bits per heavy atom. The molecule has 0 saturated carbocycles. The fourth-order valence-corrected chi connectivity index (χ4v) is 9.68. The zero-order valence-corrected chi connectivity index (χ0v) is 47.0. The number of nitrogens with two attached hydrogens (primary N) is 1. The van der Waals surface area contributed by atoms with Crippen LogP contribution < -0.4 is 11.4 Å². The Kier molecular flexibility index (Phi) is 37.5. The van der Waals surface area contributed by atoms with Crippen LogP contribution in [0.3, 0.4) is 0 Å². The molecule has 1 saturated heterocycles. The van der Waals surface area contributed by atoms with E-state index in [4.69, 9.17) is 29.0 Å². The first-order valence-corrected chi connectivity index (χ1v) is 30.3. The van der Waals surface area contributed by atoms with Gasteiger partial charge < -0.3 is 50.2 Å². The molecule has 0 spiro atoms. The summed E-state index contributed by atoms with van der Waals surface area (Å²) in [7, 11) is -11.0. The zero-order chi connectivity index (χ0) is 56.6. The van der Waals surface area contributed by atoms with Crippen LogP contribution in [0.4, 0.5) is 5.82 Å². The molecule has 0 amide bonds. The average Bonchev–Trinajstić information content (AvgIpc) is 3.66. The predicted molar refractivity (Wildman–Crippen MR) is 296 cm³/mol. The monoisotopic (exact) mass is 1130 g/mol. The Morgan fingerprint density at radius 1 is 0.701 bits per heavy atom. The molecular weight excluding hydrogens is 1040 g/mol. The highest BCUT2D eigenvalue weighted by Gasteiger charge is 2.46. The number of hydrogen-bond acceptors (Lipinski definition) is 17. The van der Waals surface area contributed by atoms with E-state index in [-0.39, 0.29) is 31.5 Å². The van der Waals surface area contributed by atoms with Crippen molar-refractivity contribution in [3.05, 3.63) is 108 Å². The first-order valence-electron chi connectivity index (χ1n) is 27.3. The molecule has 0 aromatic carbocycles. The molecule has 1 aliphatic rings. The molecular formula is C55H89N3O17P2. The molecule has 436 valence electrons. The maximum absolute atomic E-state index is 12.9. The molecule has 1 aliphatic heterocycles. The molecule has 0 radical (unpaired) electrons. The standard InChI is InChI=1S/C55H89N3O17P2/c1-3-5-7-9-11-12-13-14-15-16-17-18-19-20-21-22-23-24-26-32-38-50(61)70-42-47(73-51(62)39-33-37-46(60)36-31-28-27-30-35-45(59)34-29-25-10-8-6-4-2)43-71-76(66,67)75-77(68,69)72-44-48-52(63)53(64)54(74-48)58-41-40-49(56)57-55(58)65/h12-13,15-16,18-19,25,27-31,35-36,40-41,45-48,52-54,59-60,63-64H,3-11,14,17,20-24,26,32-34,37-39,42-44H2,1-2H3,(H,66,67)(H,68,69)(H2,56,57,65)/b13-12-,16-15-,19-18-,28-27+,29-25-,35-30+,36-31-/t45-,46-,47+,48+,52+,53+,54+/m0/s1. The largest absolute Gasteiger partial charge is 0.481 e. The van der Waals surface area contributed by atoms with Crippen LogP contribution >= 0.6 is 15.6 Å². The van der Waals surface area contributed by atoms with Crippen LogP contribution in [-0.2, 0) is 46.3 Å². The maximum atomic E-state index is 12.9. The minimum atomic E-state index is -5.50. The van der Waals surface area contributed by atoms with Crippen LogP contribution in [0.2, 0.25) is 0 Å². The lowest BCUT2D eigenvalue weighted by atomic mass is 10.1.